The third-order valence-electron chi connectivity index (χ3n) is 2.90. The van der Waals surface area contributed by atoms with Crippen molar-refractivity contribution in [2.45, 2.75) is 26.8 Å². The lowest BCUT2D eigenvalue weighted by molar-refractivity contribution is 0.0951. The van der Waals surface area contributed by atoms with Crippen LogP contribution in [-0.4, -0.2) is 17.4 Å². The van der Waals surface area contributed by atoms with Crippen LogP contribution in [-0.2, 0) is 0 Å². The van der Waals surface area contributed by atoms with Crippen LogP contribution in [0.3, 0.4) is 0 Å². The van der Waals surface area contributed by atoms with E-state index in [1.165, 1.54) is 0 Å². The van der Waals surface area contributed by atoms with E-state index in [1.807, 2.05) is 39.0 Å². The van der Waals surface area contributed by atoms with Gasteiger partial charge in [-0.15, -0.1) is 0 Å². The largest absolute Gasteiger partial charge is 0.464 e. The summed E-state index contributed by atoms with van der Waals surface area (Å²) in [6.07, 6.45) is 1.62. The van der Waals surface area contributed by atoms with Crippen LogP contribution in [0.2, 0.25) is 0 Å². The number of furan rings is 1. The number of carbonyl (C=O) groups excluding carboxylic acids is 1. The van der Waals surface area contributed by atoms with E-state index in [2.05, 4.69) is 15.6 Å². The summed E-state index contributed by atoms with van der Waals surface area (Å²) >= 11 is 0. The van der Waals surface area contributed by atoms with Gasteiger partial charge in [0.25, 0.3) is 5.91 Å². The van der Waals surface area contributed by atoms with E-state index >= 15 is 0 Å². The third-order valence-corrected chi connectivity index (χ3v) is 2.90. The average molecular weight is 273 g/mol. The van der Waals surface area contributed by atoms with Gasteiger partial charge >= 0.3 is 0 Å². The Morgan fingerprint density at radius 1 is 1.40 bits per heavy atom. The molecule has 0 aliphatic heterocycles. The highest BCUT2D eigenvalue weighted by Crippen LogP contribution is 2.21. The Bertz CT molecular complexity index is 592. The number of pyridine rings is 1. The van der Waals surface area contributed by atoms with Crippen molar-refractivity contribution in [1.29, 1.82) is 0 Å². The number of anilines is 1. The number of hydrogen-bond acceptors (Lipinski definition) is 4. The van der Waals surface area contributed by atoms with Gasteiger partial charge in [0.15, 0.2) is 0 Å². The van der Waals surface area contributed by atoms with Crippen LogP contribution >= 0.6 is 0 Å². The van der Waals surface area contributed by atoms with E-state index < -0.39 is 0 Å². The van der Waals surface area contributed by atoms with Crippen molar-refractivity contribution in [3.63, 3.8) is 0 Å². The highest BCUT2D eigenvalue weighted by atomic mass is 16.3. The molecule has 0 spiro atoms. The molecular formula is C15H19N3O2. The molecule has 1 amide bonds. The van der Waals surface area contributed by atoms with Gasteiger partial charge in [-0.3, -0.25) is 9.78 Å². The van der Waals surface area contributed by atoms with Crippen LogP contribution in [0.25, 0.3) is 0 Å². The summed E-state index contributed by atoms with van der Waals surface area (Å²) in [5.41, 5.74) is 1.24. The second-order valence-electron chi connectivity index (χ2n) is 4.60. The van der Waals surface area contributed by atoms with E-state index in [0.717, 1.165) is 17.2 Å². The minimum atomic E-state index is -0.169. The molecule has 0 aliphatic rings. The molecule has 1 unspecified atom stereocenters. The molecule has 2 aromatic rings. The lowest BCUT2D eigenvalue weighted by Crippen LogP contribution is -2.23. The molecule has 2 aromatic heterocycles. The Morgan fingerprint density at radius 2 is 2.20 bits per heavy atom. The number of amides is 1. The molecule has 0 saturated carbocycles. The van der Waals surface area contributed by atoms with Crippen LogP contribution in [0.15, 0.2) is 34.9 Å². The lowest BCUT2D eigenvalue weighted by Gasteiger charge is -2.13. The van der Waals surface area contributed by atoms with Crippen molar-refractivity contribution >= 4 is 11.6 Å². The minimum Gasteiger partial charge on any atom is -0.464 e. The molecule has 20 heavy (non-hydrogen) atoms. The van der Waals surface area contributed by atoms with Gasteiger partial charge in [0, 0.05) is 18.4 Å². The fourth-order valence-corrected chi connectivity index (χ4v) is 1.90. The molecule has 106 valence electrons. The van der Waals surface area contributed by atoms with Gasteiger partial charge in [-0.2, -0.15) is 0 Å². The van der Waals surface area contributed by atoms with E-state index in [4.69, 9.17) is 4.42 Å². The predicted octanol–water partition coefficient (Wildman–Crippen LogP) is 2.91. The van der Waals surface area contributed by atoms with Crippen molar-refractivity contribution < 1.29 is 9.21 Å². The molecule has 0 fully saturated rings. The fraction of sp³-hybridized carbons (Fsp3) is 0.333. The second-order valence-corrected chi connectivity index (χ2v) is 4.60. The number of aromatic nitrogens is 1. The van der Waals surface area contributed by atoms with Gasteiger partial charge in [-0.1, -0.05) is 0 Å². The van der Waals surface area contributed by atoms with Gasteiger partial charge in [0.1, 0.15) is 17.2 Å². The van der Waals surface area contributed by atoms with Gasteiger partial charge in [0.2, 0.25) is 0 Å². The SMILES string of the molecule is CCNC(=O)c1cc(NC(C)c2ccc(C)o2)ccn1. The molecule has 2 heterocycles. The maximum absolute atomic E-state index is 11.7. The zero-order chi connectivity index (χ0) is 14.5. The monoisotopic (exact) mass is 273 g/mol. The first-order valence-corrected chi connectivity index (χ1v) is 6.67. The molecule has 0 saturated heterocycles. The summed E-state index contributed by atoms with van der Waals surface area (Å²) in [5, 5.41) is 6.02. The van der Waals surface area contributed by atoms with Gasteiger partial charge in [-0.25, -0.2) is 0 Å². The molecule has 5 heteroatoms. The Kier molecular flexibility index (Phi) is 4.40. The highest BCUT2D eigenvalue weighted by molar-refractivity contribution is 5.93. The topological polar surface area (TPSA) is 67.2 Å². The Balaban J connectivity index is 2.09. The fourth-order valence-electron chi connectivity index (χ4n) is 1.90. The first kappa shape index (κ1) is 14.1. The van der Waals surface area contributed by atoms with E-state index in [1.54, 1.807) is 12.3 Å². The maximum atomic E-state index is 11.7. The van der Waals surface area contributed by atoms with Crippen LogP contribution in [0.1, 0.15) is 41.9 Å². The van der Waals surface area contributed by atoms with Crippen molar-refractivity contribution in [2.75, 3.05) is 11.9 Å². The van der Waals surface area contributed by atoms with E-state index in [0.29, 0.717) is 12.2 Å². The standard InChI is InChI=1S/C15H19N3O2/c1-4-16-15(19)13-9-12(7-8-17-13)18-11(3)14-6-5-10(2)20-14/h5-9,11H,4H2,1-3H3,(H,16,19)(H,17,18). The second kappa shape index (κ2) is 6.23. The van der Waals surface area contributed by atoms with Gasteiger partial charge in [-0.05, 0) is 45.0 Å². The average Bonchev–Trinajstić information content (AvgIpc) is 2.86. The minimum absolute atomic E-state index is 0.0215. The van der Waals surface area contributed by atoms with Gasteiger partial charge < -0.3 is 15.1 Å². The first-order valence-electron chi connectivity index (χ1n) is 6.67. The smallest absolute Gasteiger partial charge is 0.269 e. The number of hydrogen-bond donors (Lipinski definition) is 2. The molecule has 0 radical (unpaired) electrons. The first-order chi connectivity index (χ1) is 9.60. The number of aryl methyl sites for hydroxylation is 1. The van der Waals surface area contributed by atoms with E-state index in [-0.39, 0.29) is 11.9 Å². The van der Waals surface area contributed by atoms with Crippen LogP contribution in [0, 0.1) is 6.92 Å². The lowest BCUT2D eigenvalue weighted by atomic mass is 10.2. The molecule has 2 N–H and O–H groups in total. The predicted molar refractivity (Wildman–Crippen MR) is 77.7 cm³/mol. The molecule has 5 nitrogen and oxygen atoms in total. The third kappa shape index (κ3) is 3.38. The number of carbonyl (C=O) groups is 1. The molecule has 2 rings (SSSR count). The zero-order valence-corrected chi connectivity index (χ0v) is 11.9. The van der Waals surface area contributed by atoms with Crippen LogP contribution in [0.5, 0.6) is 0 Å². The summed E-state index contributed by atoms with van der Waals surface area (Å²) in [5.74, 6) is 1.57. The number of nitrogens with one attached hydrogen (secondary N) is 2. The Labute approximate surface area is 118 Å². The highest BCUT2D eigenvalue weighted by Gasteiger charge is 2.11. The van der Waals surface area contributed by atoms with Gasteiger partial charge in [0.05, 0.1) is 6.04 Å². The summed E-state index contributed by atoms with van der Waals surface area (Å²) in [6.45, 7) is 6.38. The van der Waals surface area contributed by atoms with Crippen LogP contribution < -0.4 is 10.6 Å². The maximum Gasteiger partial charge on any atom is 0.269 e. The molecule has 0 bridgehead atoms. The van der Waals surface area contributed by atoms with Crippen molar-refractivity contribution in [3.8, 4) is 0 Å². The van der Waals surface area contributed by atoms with Crippen molar-refractivity contribution in [1.82, 2.24) is 10.3 Å². The number of rotatable bonds is 5. The van der Waals surface area contributed by atoms with Crippen molar-refractivity contribution in [2.24, 2.45) is 0 Å². The molecule has 1 atom stereocenters. The Hall–Kier alpha value is -2.30. The number of nitrogens with zero attached hydrogens (tertiary/aromatic N) is 1. The summed E-state index contributed by atoms with van der Waals surface area (Å²) in [6, 6.07) is 7.46. The molecular weight excluding hydrogens is 254 g/mol. The van der Waals surface area contributed by atoms with Crippen molar-refractivity contribution in [3.05, 3.63) is 47.7 Å². The van der Waals surface area contributed by atoms with Crippen LogP contribution in [0.4, 0.5) is 5.69 Å². The molecule has 0 aromatic carbocycles. The Morgan fingerprint density at radius 3 is 2.85 bits per heavy atom. The summed E-state index contributed by atoms with van der Waals surface area (Å²) in [7, 11) is 0. The quantitative estimate of drug-likeness (QED) is 0.879. The van der Waals surface area contributed by atoms with E-state index in [9.17, 15) is 4.79 Å². The molecule has 0 aliphatic carbocycles. The normalized spacial score (nSPS) is 11.9. The zero-order valence-electron chi connectivity index (χ0n) is 11.9. The summed E-state index contributed by atoms with van der Waals surface area (Å²) in [4.78, 5) is 15.8. The summed E-state index contributed by atoms with van der Waals surface area (Å²) < 4.78 is 5.58.